The molecule has 0 fully saturated rings. The van der Waals surface area contributed by atoms with Crippen LogP contribution in [-0.4, -0.2) is 33.9 Å². The Morgan fingerprint density at radius 3 is 2.30 bits per heavy atom. The number of fused-ring (bicyclic) bond motifs is 1. The highest BCUT2D eigenvalue weighted by molar-refractivity contribution is 5.99. The van der Waals surface area contributed by atoms with Gasteiger partial charge in [0.05, 0.1) is 12.5 Å². The molecule has 0 spiro atoms. The summed E-state index contributed by atoms with van der Waals surface area (Å²) in [5.74, 6) is -1.77. The van der Waals surface area contributed by atoms with Crippen molar-refractivity contribution in [2.75, 3.05) is 0 Å². The fourth-order valence-electron chi connectivity index (χ4n) is 3.81. The van der Waals surface area contributed by atoms with Crippen molar-refractivity contribution in [3.8, 4) is 0 Å². The Bertz CT molecular complexity index is 1160. The van der Waals surface area contributed by atoms with Crippen LogP contribution in [0.15, 0.2) is 60.8 Å². The van der Waals surface area contributed by atoms with Crippen LogP contribution in [-0.2, 0) is 9.59 Å². The molecule has 7 heteroatoms. The van der Waals surface area contributed by atoms with E-state index in [1.54, 1.807) is 18.3 Å². The van der Waals surface area contributed by atoms with Crippen molar-refractivity contribution in [3.63, 3.8) is 0 Å². The number of benzene rings is 2. The maximum atomic E-state index is 13.2. The molecule has 1 aromatic heterocycles. The zero-order chi connectivity index (χ0) is 24.0. The van der Waals surface area contributed by atoms with E-state index in [9.17, 15) is 19.5 Å². The van der Waals surface area contributed by atoms with Gasteiger partial charge < -0.3 is 15.7 Å². The average Bonchev–Trinajstić information content (AvgIpc) is 2.77. The molecule has 2 atom stereocenters. The normalized spacial score (nSPS) is 12.8. The summed E-state index contributed by atoms with van der Waals surface area (Å²) in [6.45, 7) is 5.78. The molecule has 2 aromatic carbocycles. The molecule has 0 saturated heterocycles. The van der Waals surface area contributed by atoms with E-state index in [1.807, 2.05) is 63.2 Å². The number of aliphatic carboxylic acids is 1. The fraction of sp³-hybridized carbons (Fsp3) is 0.308. The first-order valence-corrected chi connectivity index (χ1v) is 11.0. The summed E-state index contributed by atoms with van der Waals surface area (Å²) in [4.78, 5) is 41.8. The van der Waals surface area contributed by atoms with Gasteiger partial charge in [-0.1, -0.05) is 62.4 Å². The van der Waals surface area contributed by atoms with E-state index in [-0.39, 0.29) is 18.0 Å². The second-order valence-corrected chi connectivity index (χ2v) is 8.59. The second-order valence-electron chi connectivity index (χ2n) is 8.59. The summed E-state index contributed by atoms with van der Waals surface area (Å²) in [6, 6.07) is 15.1. The molecule has 2 amide bonds. The molecule has 3 rings (SSSR count). The quantitative estimate of drug-likeness (QED) is 0.459. The number of amides is 2. The monoisotopic (exact) mass is 447 g/mol. The third-order valence-electron chi connectivity index (χ3n) is 5.45. The van der Waals surface area contributed by atoms with Crippen LogP contribution in [0, 0.1) is 12.8 Å². The Labute approximate surface area is 193 Å². The van der Waals surface area contributed by atoms with Crippen LogP contribution in [0.4, 0.5) is 0 Å². The van der Waals surface area contributed by atoms with Gasteiger partial charge >= 0.3 is 5.97 Å². The maximum absolute atomic E-state index is 13.2. The number of carboxylic acids is 1. The Kier molecular flexibility index (Phi) is 7.77. The van der Waals surface area contributed by atoms with Gasteiger partial charge in [0.25, 0.3) is 5.91 Å². The predicted molar refractivity (Wildman–Crippen MR) is 127 cm³/mol. The number of aryl methyl sites for hydroxylation is 1. The fourth-order valence-corrected chi connectivity index (χ4v) is 3.81. The van der Waals surface area contributed by atoms with E-state index >= 15 is 0 Å². The lowest BCUT2D eigenvalue weighted by Crippen LogP contribution is -2.48. The van der Waals surface area contributed by atoms with Gasteiger partial charge in [0, 0.05) is 11.6 Å². The molecule has 3 aromatic rings. The minimum atomic E-state index is -1.02. The van der Waals surface area contributed by atoms with Crippen LogP contribution >= 0.6 is 0 Å². The number of nitrogens with one attached hydrogen (secondary N) is 2. The third-order valence-corrected chi connectivity index (χ3v) is 5.45. The van der Waals surface area contributed by atoms with Crippen molar-refractivity contribution in [1.82, 2.24) is 15.6 Å². The Hall–Kier alpha value is -3.74. The number of pyridine rings is 1. The van der Waals surface area contributed by atoms with Gasteiger partial charge in [-0.2, -0.15) is 0 Å². The van der Waals surface area contributed by atoms with Crippen LogP contribution in [0.2, 0.25) is 0 Å². The number of carbonyl (C=O) groups excluding carboxylic acids is 2. The van der Waals surface area contributed by atoms with Crippen molar-refractivity contribution in [2.45, 2.75) is 45.7 Å². The highest BCUT2D eigenvalue weighted by Gasteiger charge is 2.27. The van der Waals surface area contributed by atoms with Gasteiger partial charge in [0.1, 0.15) is 11.7 Å². The summed E-state index contributed by atoms with van der Waals surface area (Å²) in [5.41, 5.74) is 1.84. The van der Waals surface area contributed by atoms with E-state index in [4.69, 9.17) is 0 Å². The minimum absolute atomic E-state index is 0.127. The number of aromatic nitrogens is 1. The average molecular weight is 448 g/mol. The van der Waals surface area contributed by atoms with Crippen molar-refractivity contribution in [1.29, 1.82) is 0 Å². The summed E-state index contributed by atoms with van der Waals surface area (Å²) < 4.78 is 0. The standard InChI is InChI=1S/C26H29N3O4/c1-16(2)12-23(29-25(32)22-13-18-9-5-6-10-19(18)15-27-22)26(33)28-21(14-24(30)31)20-11-7-4-8-17(20)3/h4-11,13,15-16,21,23H,12,14H2,1-3H3,(H,28,33)(H,29,32)(H,30,31). The summed E-state index contributed by atoms with van der Waals surface area (Å²) in [7, 11) is 0. The first-order valence-electron chi connectivity index (χ1n) is 11.0. The van der Waals surface area contributed by atoms with Gasteiger partial charge in [-0.3, -0.25) is 19.4 Å². The van der Waals surface area contributed by atoms with Crippen LogP contribution < -0.4 is 10.6 Å². The molecule has 0 bridgehead atoms. The van der Waals surface area contributed by atoms with Gasteiger partial charge in [-0.25, -0.2) is 0 Å². The number of hydrogen-bond donors (Lipinski definition) is 3. The van der Waals surface area contributed by atoms with Gasteiger partial charge in [-0.15, -0.1) is 0 Å². The highest BCUT2D eigenvalue weighted by Crippen LogP contribution is 2.21. The zero-order valence-electron chi connectivity index (χ0n) is 19.0. The molecule has 3 N–H and O–H groups in total. The number of carbonyl (C=O) groups is 3. The molecule has 0 aliphatic heterocycles. The van der Waals surface area contributed by atoms with E-state index in [1.165, 1.54) is 0 Å². The first-order chi connectivity index (χ1) is 15.7. The molecule has 7 nitrogen and oxygen atoms in total. The Balaban J connectivity index is 1.81. The van der Waals surface area contributed by atoms with Gasteiger partial charge in [0.2, 0.25) is 5.91 Å². The van der Waals surface area contributed by atoms with E-state index < -0.39 is 29.9 Å². The molecule has 1 heterocycles. The molecule has 0 aliphatic rings. The van der Waals surface area contributed by atoms with Crippen molar-refractivity contribution in [3.05, 3.63) is 77.6 Å². The van der Waals surface area contributed by atoms with Gasteiger partial charge in [0.15, 0.2) is 0 Å². The topological polar surface area (TPSA) is 108 Å². The molecule has 0 radical (unpaired) electrons. The van der Waals surface area contributed by atoms with E-state index in [2.05, 4.69) is 15.6 Å². The maximum Gasteiger partial charge on any atom is 0.305 e. The van der Waals surface area contributed by atoms with Crippen molar-refractivity contribution < 1.29 is 19.5 Å². The van der Waals surface area contributed by atoms with Crippen LogP contribution in [0.25, 0.3) is 10.8 Å². The lowest BCUT2D eigenvalue weighted by molar-refractivity contribution is -0.137. The SMILES string of the molecule is Cc1ccccc1C(CC(=O)O)NC(=O)C(CC(C)C)NC(=O)c1cc2ccccc2cn1. The molecular formula is C26H29N3O4. The van der Waals surface area contributed by atoms with Crippen molar-refractivity contribution >= 4 is 28.6 Å². The number of rotatable bonds is 9. The first kappa shape index (κ1) is 23.9. The second kappa shape index (κ2) is 10.7. The van der Waals surface area contributed by atoms with Gasteiger partial charge in [-0.05, 0) is 41.8 Å². The Morgan fingerprint density at radius 1 is 0.970 bits per heavy atom. The summed E-state index contributed by atoms with van der Waals surface area (Å²) in [6.07, 6.45) is 1.77. The summed E-state index contributed by atoms with van der Waals surface area (Å²) in [5, 5.41) is 16.8. The number of nitrogens with zero attached hydrogens (tertiary/aromatic N) is 1. The lowest BCUT2D eigenvalue weighted by Gasteiger charge is -2.25. The zero-order valence-corrected chi connectivity index (χ0v) is 19.0. The Morgan fingerprint density at radius 2 is 1.64 bits per heavy atom. The smallest absolute Gasteiger partial charge is 0.305 e. The molecule has 2 unspecified atom stereocenters. The van der Waals surface area contributed by atoms with Crippen LogP contribution in [0.5, 0.6) is 0 Å². The number of carboxylic acid groups (broad SMARTS) is 1. The largest absolute Gasteiger partial charge is 0.481 e. The molecule has 0 aliphatic carbocycles. The molecule has 33 heavy (non-hydrogen) atoms. The van der Waals surface area contributed by atoms with E-state index in [0.29, 0.717) is 6.42 Å². The predicted octanol–water partition coefficient (Wildman–Crippen LogP) is 4.02. The lowest BCUT2D eigenvalue weighted by atomic mass is 9.97. The number of hydrogen-bond acceptors (Lipinski definition) is 4. The van der Waals surface area contributed by atoms with E-state index in [0.717, 1.165) is 21.9 Å². The third kappa shape index (κ3) is 6.38. The summed E-state index contributed by atoms with van der Waals surface area (Å²) >= 11 is 0. The minimum Gasteiger partial charge on any atom is -0.481 e. The van der Waals surface area contributed by atoms with Crippen molar-refractivity contribution in [2.24, 2.45) is 5.92 Å². The highest BCUT2D eigenvalue weighted by atomic mass is 16.4. The molecule has 172 valence electrons. The van der Waals surface area contributed by atoms with Crippen LogP contribution in [0.3, 0.4) is 0 Å². The van der Waals surface area contributed by atoms with Crippen LogP contribution in [0.1, 0.15) is 54.3 Å². The molecular weight excluding hydrogens is 418 g/mol. The molecule has 0 saturated carbocycles.